The molecule has 0 bridgehead atoms. The van der Waals surface area contributed by atoms with E-state index in [9.17, 15) is 22.7 Å². The van der Waals surface area contributed by atoms with Gasteiger partial charge in [0.25, 0.3) is 0 Å². The fourth-order valence-corrected chi connectivity index (χ4v) is 3.71. The van der Waals surface area contributed by atoms with E-state index >= 15 is 4.39 Å². The molecule has 2 aromatic heterocycles. The summed E-state index contributed by atoms with van der Waals surface area (Å²) in [5.41, 5.74) is -1.19. The van der Waals surface area contributed by atoms with Crippen LogP contribution in [0.2, 0.25) is 0 Å². The molecule has 0 aliphatic rings. The highest BCUT2D eigenvalue weighted by molar-refractivity contribution is 7.80. The third kappa shape index (κ3) is 4.32. The number of ether oxygens (including phenoxy) is 1. The number of benzene rings is 1. The number of fused-ring (bicyclic) bond motifs is 1. The van der Waals surface area contributed by atoms with E-state index in [1.54, 1.807) is 13.8 Å². The lowest BCUT2D eigenvalue weighted by Gasteiger charge is -2.26. The van der Waals surface area contributed by atoms with Crippen molar-refractivity contribution in [3.8, 4) is 0 Å². The Morgan fingerprint density at radius 3 is 2.68 bits per heavy atom. The van der Waals surface area contributed by atoms with Crippen molar-refractivity contribution >= 4 is 39.7 Å². The number of halogens is 2. The monoisotopic (exact) mass is 450 g/mol. The van der Waals surface area contributed by atoms with Crippen LogP contribution in [0.5, 0.6) is 0 Å². The minimum absolute atomic E-state index is 0.0494. The first-order chi connectivity index (χ1) is 14.8. The lowest BCUT2D eigenvalue weighted by Crippen LogP contribution is -2.28. The Balaban J connectivity index is 2.12. The first kappa shape index (κ1) is 22.5. The highest BCUT2D eigenvalue weighted by atomic mass is 32.2. The van der Waals surface area contributed by atoms with Gasteiger partial charge in [-0.1, -0.05) is 6.92 Å². The van der Waals surface area contributed by atoms with Gasteiger partial charge in [-0.3, -0.25) is 13.3 Å². The van der Waals surface area contributed by atoms with Gasteiger partial charge in [0.05, 0.1) is 23.4 Å². The summed E-state index contributed by atoms with van der Waals surface area (Å²) >= 11 is -2.82. The average Bonchev–Trinajstić information content (AvgIpc) is 3.16. The molecule has 0 aliphatic carbocycles. The third-order valence-electron chi connectivity index (χ3n) is 4.46. The van der Waals surface area contributed by atoms with Crippen molar-refractivity contribution in [3.05, 3.63) is 58.9 Å². The van der Waals surface area contributed by atoms with Crippen LogP contribution < -0.4 is 4.31 Å². The van der Waals surface area contributed by atoms with E-state index in [0.29, 0.717) is 10.7 Å². The van der Waals surface area contributed by atoms with Crippen LogP contribution in [0, 0.1) is 11.6 Å². The van der Waals surface area contributed by atoms with Gasteiger partial charge in [-0.05, 0) is 31.5 Å². The number of esters is 1. The van der Waals surface area contributed by atoms with Crippen LogP contribution in [0.4, 0.5) is 14.5 Å². The number of H-pyrrole nitrogens is 1. The van der Waals surface area contributed by atoms with Gasteiger partial charge >= 0.3 is 5.97 Å². The molecule has 1 N–H and O–H groups in total. The third-order valence-corrected chi connectivity index (χ3v) is 5.20. The number of rotatable bonds is 8. The predicted octanol–water partition coefficient (Wildman–Crippen LogP) is 3.26. The van der Waals surface area contributed by atoms with Gasteiger partial charge in [-0.2, -0.15) is 0 Å². The summed E-state index contributed by atoms with van der Waals surface area (Å²) in [6.45, 7) is 3.40. The Morgan fingerprint density at radius 2 is 2.03 bits per heavy atom. The summed E-state index contributed by atoms with van der Waals surface area (Å²) in [7, 11) is 0. The highest BCUT2D eigenvalue weighted by Crippen LogP contribution is 2.29. The van der Waals surface area contributed by atoms with Gasteiger partial charge in [-0.15, -0.1) is 0 Å². The molecule has 1 atom stereocenters. The lowest BCUT2D eigenvalue weighted by molar-refractivity contribution is 0.0526. The number of pyridine rings is 1. The van der Waals surface area contributed by atoms with Gasteiger partial charge in [0.2, 0.25) is 5.78 Å². The Bertz CT molecular complexity index is 1180. The summed E-state index contributed by atoms with van der Waals surface area (Å²) in [5, 5.41) is 0.164. The van der Waals surface area contributed by atoms with E-state index < -0.39 is 45.9 Å². The van der Waals surface area contributed by atoms with Crippen molar-refractivity contribution in [2.75, 3.05) is 17.5 Å². The average molecular weight is 450 g/mol. The number of ketones is 1. The molecule has 11 heteroatoms. The Kier molecular flexibility index (Phi) is 6.76. The Labute approximate surface area is 178 Å². The van der Waals surface area contributed by atoms with Crippen LogP contribution in [0.15, 0.2) is 30.6 Å². The predicted molar refractivity (Wildman–Crippen MR) is 108 cm³/mol. The Hall–Kier alpha value is -3.18. The summed E-state index contributed by atoms with van der Waals surface area (Å²) in [6.07, 6.45) is 2.84. The molecule has 2 heterocycles. The lowest BCUT2D eigenvalue weighted by atomic mass is 10.0. The molecule has 0 saturated carbocycles. The van der Waals surface area contributed by atoms with E-state index in [4.69, 9.17) is 4.74 Å². The molecular weight excluding hydrogens is 432 g/mol. The molecule has 0 saturated heterocycles. The SMILES string of the molecule is CCCN(c1ccc(F)c(C(=O)c2c[nH]c3ncc(C(=O)OCC)cc23)c1F)S(=O)[O-]. The number of aromatic amines is 1. The zero-order valence-electron chi connectivity index (χ0n) is 16.6. The molecular formula is C20H18F2N3O5S-. The van der Waals surface area contributed by atoms with Crippen molar-refractivity contribution < 1.29 is 31.9 Å². The van der Waals surface area contributed by atoms with Gasteiger partial charge in [-0.25, -0.2) is 18.6 Å². The standard InChI is InChI=1S/C20H19F2N3O5S/c1-3-7-25(31(28)29)15-6-5-14(21)16(17(15)22)18(26)13-10-24-19-12(13)8-11(9-23-19)20(27)30-4-2/h5-6,8-10H,3-4,7H2,1-2H3,(H,23,24)(H,28,29)/p-1. The molecule has 1 unspecified atom stereocenters. The van der Waals surface area contributed by atoms with Gasteiger partial charge in [0, 0.05) is 41.2 Å². The van der Waals surface area contributed by atoms with Gasteiger partial charge < -0.3 is 14.3 Å². The van der Waals surface area contributed by atoms with E-state index in [0.717, 1.165) is 12.1 Å². The summed E-state index contributed by atoms with van der Waals surface area (Å²) < 4.78 is 58.2. The number of carbonyl (C=O) groups excluding carboxylic acids is 2. The minimum Gasteiger partial charge on any atom is -0.755 e. The highest BCUT2D eigenvalue weighted by Gasteiger charge is 2.26. The fourth-order valence-electron chi connectivity index (χ4n) is 3.07. The maximum absolute atomic E-state index is 15.1. The fraction of sp³-hybridized carbons (Fsp3) is 0.250. The summed E-state index contributed by atoms with van der Waals surface area (Å²) in [6, 6.07) is 3.13. The number of nitrogens with one attached hydrogen (secondary N) is 1. The number of carbonyl (C=O) groups is 2. The van der Waals surface area contributed by atoms with Crippen LogP contribution in [-0.2, 0) is 16.0 Å². The Morgan fingerprint density at radius 1 is 1.29 bits per heavy atom. The minimum atomic E-state index is -2.82. The number of hydrogen-bond donors (Lipinski definition) is 1. The normalized spacial score (nSPS) is 12.0. The van der Waals surface area contributed by atoms with Crippen LogP contribution in [0.3, 0.4) is 0 Å². The van der Waals surface area contributed by atoms with Crippen molar-refractivity contribution in [1.82, 2.24) is 9.97 Å². The van der Waals surface area contributed by atoms with Crippen LogP contribution in [-0.4, -0.2) is 43.6 Å². The number of nitrogens with zero attached hydrogens (tertiary/aromatic N) is 2. The molecule has 31 heavy (non-hydrogen) atoms. The maximum Gasteiger partial charge on any atom is 0.339 e. The van der Waals surface area contributed by atoms with Gasteiger partial charge in [0.1, 0.15) is 11.5 Å². The molecule has 0 spiro atoms. The molecule has 8 nitrogen and oxygen atoms in total. The van der Waals surface area contributed by atoms with Crippen molar-refractivity contribution in [1.29, 1.82) is 0 Å². The van der Waals surface area contributed by atoms with E-state index in [2.05, 4.69) is 9.97 Å². The van der Waals surface area contributed by atoms with E-state index in [-0.39, 0.29) is 35.3 Å². The molecule has 164 valence electrons. The van der Waals surface area contributed by atoms with E-state index in [1.807, 2.05) is 0 Å². The first-order valence-corrected chi connectivity index (χ1v) is 10.4. The molecule has 1 aromatic carbocycles. The summed E-state index contributed by atoms with van der Waals surface area (Å²) in [5.74, 6) is -4.14. The van der Waals surface area contributed by atoms with Crippen molar-refractivity contribution in [2.24, 2.45) is 0 Å². The topological polar surface area (TPSA) is 115 Å². The largest absolute Gasteiger partial charge is 0.755 e. The first-order valence-electron chi connectivity index (χ1n) is 9.33. The van der Waals surface area contributed by atoms with E-state index in [1.165, 1.54) is 18.5 Å². The van der Waals surface area contributed by atoms with Crippen LogP contribution in [0.25, 0.3) is 11.0 Å². The zero-order valence-corrected chi connectivity index (χ0v) is 17.4. The zero-order chi connectivity index (χ0) is 22.7. The number of anilines is 1. The second-order valence-electron chi connectivity index (χ2n) is 6.45. The maximum atomic E-state index is 15.1. The molecule has 0 amide bonds. The number of hydrogen-bond acceptors (Lipinski definition) is 6. The molecule has 0 aliphatic heterocycles. The van der Waals surface area contributed by atoms with Crippen LogP contribution in [0.1, 0.15) is 46.5 Å². The molecule has 3 aromatic rings. The quantitative estimate of drug-likeness (QED) is 0.320. The molecule has 0 fully saturated rings. The number of aromatic nitrogens is 2. The molecule has 3 rings (SSSR count). The second kappa shape index (κ2) is 9.31. The summed E-state index contributed by atoms with van der Waals surface area (Å²) in [4.78, 5) is 31.8. The van der Waals surface area contributed by atoms with Crippen LogP contribution >= 0.6 is 0 Å². The second-order valence-corrected chi connectivity index (χ2v) is 7.32. The van der Waals surface area contributed by atoms with Crippen molar-refractivity contribution in [2.45, 2.75) is 20.3 Å². The molecule has 0 radical (unpaired) electrons. The van der Waals surface area contributed by atoms with Gasteiger partial charge in [0.15, 0.2) is 5.82 Å². The van der Waals surface area contributed by atoms with Crippen molar-refractivity contribution in [3.63, 3.8) is 0 Å². The smallest absolute Gasteiger partial charge is 0.339 e.